The monoisotopic (exact) mass is 369 g/mol. The van der Waals surface area contributed by atoms with Crippen molar-refractivity contribution >= 4 is 44.9 Å². The molecule has 0 spiro atoms. The van der Waals surface area contributed by atoms with Crippen molar-refractivity contribution in [3.63, 3.8) is 0 Å². The summed E-state index contributed by atoms with van der Waals surface area (Å²) in [5.74, 6) is 1.66. The molecule has 0 bridgehead atoms. The maximum atomic E-state index is 12.3. The fourth-order valence-electron chi connectivity index (χ4n) is 3.25. The lowest BCUT2D eigenvalue weighted by molar-refractivity contribution is 0.102. The van der Waals surface area contributed by atoms with Crippen LogP contribution in [0.4, 0.5) is 5.82 Å². The molecule has 6 heteroatoms. The average Bonchev–Trinajstić information content (AvgIpc) is 2.98. The molecule has 2 N–H and O–H groups in total. The molecule has 0 amide bonds. The number of aromatic nitrogens is 2. The number of thiophene rings is 1. The Balaban J connectivity index is 1.58. The van der Waals surface area contributed by atoms with E-state index in [0.29, 0.717) is 28.2 Å². The summed E-state index contributed by atoms with van der Waals surface area (Å²) in [5, 5.41) is 1.62. The lowest BCUT2D eigenvalue weighted by Gasteiger charge is -2.17. The number of nitrogens with zero attached hydrogens (tertiary/aromatic N) is 2. The second-order valence-corrected chi connectivity index (χ2v) is 8.53. The van der Waals surface area contributed by atoms with Gasteiger partial charge in [-0.25, -0.2) is 9.97 Å². The molecule has 25 heavy (non-hydrogen) atoms. The van der Waals surface area contributed by atoms with E-state index in [1.54, 1.807) is 11.3 Å². The molecule has 2 heterocycles. The van der Waals surface area contributed by atoms with Gasteiger partial charge < -0.3 is 5.73 Å². The van der Waals surface area contributed by atoms with Gasteiger partial charge in [-0.1, -0.05) is 49.0 Å². The summed E-state index contributed by atoms with van der Waals surface area (Å²) < 4.78 is 0. The Bertz CT molecular complexity index is 937. The van der Waals surface area contributed by atoms with Gasteiger partial charge in [0.25, 0.3) is 0 Å². The van der Waals surface area contributed by atoms with Crippen LogP contribution in [0.3, 0.4) is 0 Å². The van der Waals surface area contributed by atoms with Gasteiger partial charge >= 0.3 is 0 Å². The summed E-state index contributed by atoms with van der Waals surface area (Å²) in [6, 6.07) is 9.30. The van der Waals surface area contributed by atoms with Crippen molar-refractivity contribution in [3.05, 3.63) is 46.3 Å². The van der Waals surface area contributed by atoms with Crippen molar-refractivity contribution in [1.82, 2.24) is 9.97 Å². The van der Waals surface area contributed by atoms with Gasteiger partial charge in [-0.2, -0.15) is 0 Å². The van der Waals surface area contributed by atoms with E-state index in [1.165, 1.54) is 28.6 Å². The molecule has 2 aromatic heterocycles. The third-order valence-electron chi connectivity index (χ3n) is 4.59. The van der Waals surface area contributed by atoms with Crippen LogP contribution in [0.15, 0.2) is 35.5 Å². The van der Waals surface area contributed by atoms with Gasteiger partial charge in [0.05, 0.1) is 11.1 Å². The number of thioether (sulfide) groups is 1. The Hall–Kier alpha value is -1.92. The molecule has 1 aromatic carbocycles. The van der Waals surface area contributed by atoms with E-state index in [2.05, 4.69) is 16.9 Å². The molecule has 0 fully saturated rings. The Kier molecular flexibility index (Phi) is 4.48. The highest BCUT2D eigenvalue weighted by Gasteiger charge is 2.23. The SMILES string of the molecule is C[C@@H]1CCc2c(sc3nc(SCC(=O)c4ccccc4)nc(N)c23)C1. The van der Waals surface area contributed by atoms with Crippen molar-refractivity contribution in [3.8, 4) is 0 Å². The maximum absolute atomic E-state index is 12.3. The number of aryl methyl sites for hydroxylation is 1. The van der Waals surface area contributed by atoms with Crippen LogP contribution < -0.4 is 5.73 Å². The molecule has 0 aliphatic heterocycles. The van der Waals surface area contributed by atoms with Crippen molar-refractivity contribution in [2.45, 2.75) is 31.3 Å². The fraction of sp³-hybridized carbons (Fsp3) is 0.316. The van der Waals surface area contributed by atoms with Crippen LogP contribution in [-0.2, 0) is 12.8 Å². The smallest absolute Gasteiger partial charge is 0.191 e. The number of nitrogens with two attached hydrogens (primary N) is 1. The highest BCUT2D eigenvalue weighted by atomic mass is 32.2. The zero-order valence-corrected chi connectivity index (χ0v) is 15.6. The summed E-state index contributed by atoms with van der Waals surface area (Å²) in [4.78, 5) is 23.7. The quantitative estimate of drug-likeness (QED) is 0.420. The average molecular weight is 370 g/mol. The predicted molar refractivity (Wildman–Crippen MR) is 105 cm³/mol. The number of carbonyl (C=O) groups excluding carboxylic acids is 1. The van der Waals surface area contributed by atoms with Crippen LogP contribution in [-0.4, -0.2) is 21.5 Å². The zero-order chi connectivity index (χ0) is 17.4. The number of nitrogen functional groups attached to an aromatic ring is 1. The highest BCUT2D eigenvalue weighted by Crippen LogP contribution is 2.39. The van der Waals surface area contributed by atoms with Crippen molar-refractivity contribution < 1.29 is 4.79 Å². The lowest BCUT2D eigenvalue weighted by atomic mass is 9.89. The molecule has 4 nitrogen and oxygen atoms in total. The maximum Gasteiger partial charge on any atom is 0.191 e. The topological polar surface area (TPSA) is 68.9 Å². The first-order valence-corrected chi connectivity index (χ1v) is 10.2. The Morgan fingerprint density at radius 3 is 2.92 bits per heavy atom. The number of anilines is 1. The van der Waals surface area contributed by atoms with E-state index < -0.39 is 0 Å². The minimum absolute atomic E-state index is 0.0761. The van der Waals surface area contributed by atoms with E-state index in [4.69, 9.17) is 5.73 Å². The van der Waals surface area contributed by atoms with Crippen LogP contribution in [0.25, 0.3) is 10.2 Å². The van der Waals surface area contributed by atoms with E-state index in [-0.39, 0.29) is 5.78 Å². The summed E-state index contributed by atoms with van der Waals surface area (Å²) in [7, 11) is 0. The zero-order valence-electron chi connectivity index (χ0n) is 14.0. The third kappa shape index (κ3) is 3.28. The van der Waals surface area contributed by atoms with Crippen LogP contribution in [0.2, 0.25) is 0 Å². The number of fused-ring (bicyclic) bond motifs is 3. The van der Waals surface area contributed by atoms with E-state index >= 15 is 0 Å². The first-order valence-electron chi connectivity index (χ1n) is 8.40. The number of hydrogen-bond donors (Lipinski definition) is 1. The Labute approximate surface area is 154 Å². The lowest BCUT2D eigenvalue weighted by Crippen LogP contribution is -2.09. The number of Topliss-reactive ketones (excluding diaryl/α,β-unsaturated/α-hetero) is 1. The minimum Gasteiger partial charge on any atom is -0.383 e. The standard InChI is InChI=1S/C19H19N3OS2/c1-11-7-8-13-15(9-11)25-18-16(13)17(20)21-19(22-18)24-10-14(23)12-5-3-2-4-6-12/h2-6,11H,7-10H2,1H3,(H2,20,21,22)/t11-/m1/s1. The molecule has 4 rings (SSSR count). The first kappa shape index (κ1) is 16.5. The Morgan fingerprint density at radius 2 is 2.12 bits per heavy atom. The third-order valence-corrected chi connectivity index (χ3v) is 6.59. The second-order valence-electron chi connectivity index (χ2n) is 6.50. The van der Waals surface area contributed by atoms with Crippen molar-refractivity contribution in [2.75, 3.05) is 11.5 Å². The minimum atomic E-state index is 0.0761. The molecule has 128 valence electrons. The molecular formula is C19H19N3OS2. The van der Waals surface area contributed by atoms with Gasteiger partial charge in [-0.3, -0.25) is 4.79 Å². The summed E-state index contributed by atoms with van der Waals surface area (Å²) >= 11 is 3.09. The fourth-order valence-corrected chi connectivity index (χ4v) is 5.45. The largest absolute Gasteiger partial charge is 0.383 e. The number of carbonyl (C=O) groups is 1. The molecule has 3 aromatic rings. The molecule has 1 atom stereocenters. The second kappa shape index (κ2) is 6.77. The van der Waals surface area contributed by atoms with Crippen molar-refractivity contribution in [1.29, 1.82) is 0 Å². The van der Waals surface area contributed by atoms with Gasteiger partial charge in [0.2, 0.25) is 0 Å². The summed E-state index contributed by atoms with van der Waals surface area (Å²) in [6.07, 6.45) is 3.36. The van der Waals surface area contributed by atoms with Gasteiger partial charge in [0.1, 0.15) is 10.6 Å². The molecule has 0 saturated carbocycles. The van der Waals surface area contributed by atoms with Gasteiger partial charge in [-0.15, -0.1) is 11.3 Å². The molecule has 0 saturated heterocycles. The first-order chi connectivity index (χ1) is 12.1. The summed E-state index contributed by atoms with van der Waals surface area (Å²) in [5.41, 5.74) is 8.29. The summed E-state index contributed by atoms with van der Waals surface area (Å²) in [6.45, 7) is 2.29. The molecule has 0 radical (unpaired) electrons. The number of ketones is 1. The van der Waals surface area contributed by atoms with Crippen LogP contribution >= 0.6 is 23.1 Å². The number of rotatable bonds is 4. The van der Waals surface area contributed by atoms with Gasteiger partial charge in [-0.05, 0) is 30.7 Å². The van der Waals surface area contributed by atoms with Crippen LogP contribution in [0.1, 0.15) is 34.1 Å². The van der Waals surface area contributed by atoms with E-state index in [9.17, 15) is 4.79 Å². The normalized spacial score (nSPS) is 16.8. The highest BCUT2D eigenvalue weighted by molar-refractivity contribution is 7.99. The van der Waals surface area contributed by atoms with Crippen LogP contribution in [0, 0.1) is 5.92 Å². The van der Waals surface area contributed by atoms with Gasteiger partial charge in [0, 0.05) is 10.4 Å². The van der Waals surface area contributed by atoms with Crippen molar-refractivity contribution in [2.24, 2.45) is 5.92 Å². The molecule has 0 unspecified atom stereocenters. The van der Waals surface area contributed by atoms with E-state index in [0.717, 1.165) is 23.1 Å². The molecular weight excluding hydrogens is 350 g/mol. The molecule has 1 aliphatic rings. The van der Waals surface area contributed by atoms with E-state index in [1.807, 2.05) is 30.3 Å². The number of benzene rings is 1. The predicted octanol–water partition coefficient (Wildman–Crippen LogP) is 4.37. The number of hydrogen-bond acceptors (Lipinski definition) is 6. The Morgan fingerprint density at radius 1 is 1.32 bits per heavy atom. The van der Waals surface area contributed by atoms with Gasteiger partial charge in [0.15, 0.2) is 10.9 Å². The van der Waals surface area contributed by atoms with Crippen LogP contribution in [0.5, 0.6) is 0 Å². The molecule has 1 aliphatic carbocycles.